The van der Waals surface area contributed by atoms with Crippen LogP contribution in [0.1, 0.15) is 52.0 Å². The summed E-state index contributed by atoms with van der Waals surface area (Å²) in [5, 5.41) is 14.6. The van der Waals surface area contributed by atoms with Crippen molar-refractivity contribution < 1.29 is 22.3 Å². The van der Waals surface area contributed by atoms with Crippen molar-refractivity contribution in [3.63, 3.8) is 0 Å². The second-order valence-corrected chi connectivity index (χ2v) is 11.2. The van der Waals surface area contributed by atoms with Gasteiger partial charge >= 0.3 is 0 Å². The number of nitrogens with zero attached hydrogens (tertiary/aromatic N) is 4. The van der Waals surface area contributed by atoms with Crippen molar-refractivity contribution in [2.75, 3.05) is 25.0 Å². The Morgan fingerprint density at radius 3 is 2.59 bits per heavy atom. The first-order valence-electron chi connectivity index (χ1n) is 11.4. The Morgan fingerprint density at radius 2 is 1.97 bits per heavy atom. The van der Waals surface area contributed by atoms with Gasteiger partial charge in [0.1, 0.15) is 5.65 Å². The predicted octanol–water partition coefficient (Wildman–Crippen LogP) is 1.63. The first-order chi connectivity index (χ1) is 15.9. The quantitative estimate of drug-likeness (QED) is 0.527. The van der Waals surface area contributed by atoms with Gasteiger partial charge < -0.3 is 10.4 Å². The third-order valence-corrected chi connectivity index (χ3v) is 8.10. The first kappa shape index (κ1) is 24.9. The van der Waals surface area contributed by atoms with E-state index in [-0.39, 0.29) is 30.7 Å². The second kappa shape index (κ2) is 9.10. The van der Waals surface area contributed by atoms with Gasteiger partial charge in [0.15, 0.2) is 0 Å². The summed E-state index contributed by atoms with van der Waals surface area (Å²) >= 11 is 0. The van der Waals surface area contributed by atoms with Gasteiger partial charge in [-0.25, -0.2) is 13.8 Å². The molecule has 3 heterocycles. The molecule has 188 valence electrons. The average Bonchev–Trinajstić information content (AvgIpc) is 3.11. The second-order valence-electron chi connectivity index (χ2n) is 9.49. The number of nitrogens with one attached hydrogen (secondary N) is 2. The van der Waals surface area contributed by atoms with Crippen LogP contribution in [0.25, 0.3) is 11.0 Å². The van der Waals surface area contributed by atoms with Crippen LogP contribution in [0.15, 0.2) is 23.1 Å². The maximum atomic E-state index is 13.0. The van der Waals surface area contributed by atoms with Gasteiger partial charge in [0, 0.05) is 43.7 Å². The van der Waals surface area contributed by atoms with E-state index in [9.17, 15) is 27.1 Å². The minimum absolute atomic E-state index is 0.130. The molecule has 2 atom stereocenters. The number of pyridine rings is 1. The summed E-state index contributed by atoms with van der Waals surface area (Å²) in [6, 6.07) is 2.58. The summed E-state index contributed by atoms with van der Waals surface area (Å²) in [5.74, 6) is -2.83. The van der Waals surface area contributed by atoms with Crippen molar-refractivity contribution >= 4 is 27.2 Å². The van der Waals surface area contributed by atoms with Crippen LogP contribution in [0, 0.1) is 0 Å². The highest BCUT2D eigenvalue weighted by Gasteiger charge is 2.39. The van der Waals surface area contributed by atoms with Crippen LogP contribution in [0.3, 0.4) is 0 Å². The van der Waals surface area contributed by atoms with E-state index in [0.29, 0.717) is 49.6 Å². The standard InChI is InChI=1S/C21H30F2N6O4S/c1-20(31)9-3-4-16(20)29-17(30)6-5-14-12-24-19(27-18(14)29)26-15-7-10-28(11-8-15)34(32,33)25-13-21(2,22)23/h5-6,12,15-16,25,31H,3-4,7-11,13H2,1-2H3,(H,24,26,27)/t16-,20-/m0/s1. The Balaban J connectivity index is 1.48. The fraction of sp³-hybridized carbons (Fsp3) is 0.667. The van der Waals surface area contributed by atoms with Gasteiger partial charge in [-0.05, 0) is 45.1 Å². The van der Waals surface area contributed by atoms with E-state index in [2.05, 4.69) is 15.3 Å². The Labute approximate surface area is 196 Å². The van der Waals surface area contributed by atoms with Crippen LogP contribution < -0.4 is 15.6 Å². The molecule has 1 saturated heterocycles. The van der Waals surface area contributed by atoms with E-state index in [1.165, 1.54) is 6.07 Å². The van der Waals surface area contributed by atoms with E-state index in [1.807, 2.05) is 4.72 Å². The van der Waals surface area contributed by atoms with E-state index in [1.54, 1.807) is 23.8 Å². The number of aliphatic hydroxyl groups is 1. The van der Waals surface area contributed by atoms with Crippen molar-refractivity contribution in [2.45, 2.75) is 69.6 Å². The number of fused-ring (bicyclic) bond motifs is 1. The first-order valence-corrected chi connectivity index (χ1v) is 12.8. The maximum Gasteiger partial charge on any atom is 0.279 e. The van der Waals surface area contributed by atoms with Crippen LogP contribution in [0.2, 0.25) is 0 Å². The molecule has 0 aromatic carbocycles. The highest BCUT2D eigenvalue weighted by molar-refractivity contribution is 7.87. The largest absolute Gasteiger partial charge is 0.388 e. The zero-order chi connectivity index (χ0) is 24.7. The van der Waals surface area contributed by atoms with Gasteiger partial charge in [-0.3, -0.25) is 9.36 Å². The number of anilines is 1. The normalized spacial score (nSPS) is 25.1. The maximum absolute atomic E-state index is 13.0. The Bertz CT molecular complexity index is 1210. The lowest BCUT2D eigenvalue weighted by atomic mass is 10.00. The number of rotatable bonds is 7. The summed E-state index contributed by atoms with van der Waals surface area (Å²) in [5.41, 5.74) is -0.819. The molecule has 1 aliphatic heterocycles. The number of piperidine rings is 1. The Morgan fingerprint density at radius 1 is 1.26 bits per heavy atom. The predicted molar refractivity (Wildman–Crippen MR) is 123 cm³/mol. The molecular weight excluding hydrogens is 470 g/mol. The zero-order valence-electron chi connectivity index (χ0n) is 19.2. The van der Waals surface area contributed by atoms with Gasteiger partial charge in [0.2, 0.25) is 5.95 Å². The molecule has 2 aliphatic rings. The molecule has 3 N–H and O–H groups in total. The van der Waals surface area contributed by atoms with E-state index in [4.69, 9.17) is 0 Å². The molecule has 0 unspecified atom stereocenters. The molecule has 10 nitrogen and oxygen atoms in total. The average molecular weight is 501 g/mol. The molecule has 2 aromatic rings. The topological polar surface area (TPSA) is 129 Å². The van der Waals surface area contributed by atoms with Crippen molar-refractivity contribution in [1.29, 1.82) is 0 Å². The number of alkyl halides is 2. The van der Waals surface area contributed by atoms with Gasteiger partial charge in [-0.15, -0.1) is 0 Å². The zero-order valence-corrected chi connectivity index (χ0v) is 20.0. The van der Waals surface area contributed by atoms with E-state index < -0.39 is 28.3 Å². The smallest absolute Gasteiger partial charge is 0.279 e. The van der Waals surface area contributed by atoms with Crippen LogP contribution >= 0.6 is 0 Å². The van der Waals surface area contributed by atoms with Crippen molar-refractivity contribution in [3.8, 4) is 0 Å². The van der Waals surface area contributed by atoms with Crippen LogP contribution in [-0.2, 0) is 10.2 Å². The van der Waals surface area contributed by atoms with Crippen molar-refractivity contribution in [2.24, 2.45) is 0 Å². The molecule has 0 spiro atoms. The summed E-state index contributed by atoms with van der Waals surface area (Å²) in [6.45, 7) is 1.75. The monoisotopic (exact) mass is 500 g/mol. The third kappa shape index (κ3) is 5.37. The fourth-order valence-corrected chi connectivity index (χ4v) is 5.99. The molecule has 0 amide bonds. The lowest BCUT2D eigenvalue weighted by molar-refractivity contribution is 0.0265. The van der Waals surface area contributed by atoms with E-state index >= 15 is 0 Å². The number of halogens is 2. The minimum atomic E-state index is -3.99. The number of hydrogen-bond acceptors (Lipinski definition) is 7. The fourth-order valence-electron chi connectivity index (χ4n) is 4.68. The highest BCUT2D eigenvalue weighted by atomic mass is 32.2. The molecule has 4 rings (SSSR count). The van der Waals surface area contributed by atoms with Gasteiger partial charge in [-0.1, -0.05) is 0 Å². The third-order valence-electron chi connectivity index (χ3n) is 6.55. The molecule has 2 aromatic heterocycles. The lowest BCUT2D eigenvalue weighted by Gasteiger charge is -2.32. The Kier molecular flexibility index (Phi) is 6.66. The molecule has 0 bridgehead atoms. The molecule has 0 radical (unpaired) electrons. The summed E-state index contributed by atoms with van der Waals surface area (Å²) in [7, 11) is -3.99. The molecule has 2 fully saturated rings. The highest BCUT2D eigenvalue weighted by Crippen LogP contribution is 2.39. The van der Waals surface area contributed by atoms with Crippen LogP contribution in [0.5, 0.6) is 0 Å². The minimum Gasteiger partial charge on any atom is -0.388 e. The van der Waals surface area contributed by atoms with Gasteiger partial charge in [-0.2, -0.15) is 22.4 Å². The summed E-state index contributed by atoms with van der Waals surface area (Å²) in [4.78, 5) is 21.6. The van der Waals surface area contributed by atoms with Gasteiger partial charge in [0.25, 0.3) is 21.7 Å². The number of hydrogen-bond donors (Lipinski definition) is 3. The molecule has 1 saturated carbocycles. The summed E-state index contributed by atoms with van der Waals surface area (Å²) < 4.78 is 55.2. The molecule has 1 aliphatic carbocycles. The SMILES string of the molecule is CC(F)(F)CNS(=O)(=O)N1CCC(Nc2ncc3ccc(=O)n([C@H]4CCC[C@]4(C)O)c3n2)CC1. The lowest BCUT2D eigenvalue weighted by Crippen LogP contribution is -2.49. The molecule has 13 heteroatoms. The molecular formula is C21H30F2N6O4S. The Hall–Kier alpha value is -2.22. The molecule has 34 heavy (non-hydrogen) atoms. The van der Waals surface area contributed by atoms with Crippen molar-refractivity contribution in [1.82, 2.24) is 23.6 Å². The van der Waals surface area contributed by atoms with E-state index in [0.717, 1.165) is 10.7 Å². The van der Waals surface area contributed by atoms with Gasteiger partial charge in [0.05, 0.1) is 18.2 Å². The summed E-state index contributed by atoms with van der Waals surface area (Å²) in [6.07, 6.45) is 4.56. The van der Waals surface area contributed by atoms with Crippen molar-refractivity contribution in [3.05, 3.63) is 28.7 Å². The van der Waals surface area contributed by atoms with Crippen LogP contribution in [0.4, 0.5) is 14.7 Å². The number of aromatic nitrogens is 3. The van der Waals surface area contributed by atoms with Crippen LogP contribution in [-0.4, -0.2) is 69.6 Å².